The first-order valence-electron chi connectivity index (χ1n) is 18.7. The average molecular weight is 820 g/mol. The van der Waals surface area contributed by atoms with Crippen molar-refractivity contribution in [3.63, 3.8) is 0 Å². The third-order valence-corrected chi connectivity index (χ3v) is 12.1. The van der Waals surface area contributed by atoms with Crippen LogP contribution >= 0.6 is 23.2 Å². The van der Waals surface area contributed by atoms with Gasteiger partial charge in [0.05, 0.1) is 33.8 Å². The number of fused-ring (bicyclic) bond motifs is 3. The number of carboxylic acids is 1. The SMILES string of the molecule is COc1ccc(-n2cnnn2)cc1C(=O)N(C)CC(CCN1CCC(C(=O)NC(=O)N2C(C(=O)O)N3CCN2CC3)(c2ccccc2)CC1)c1ccc(Cl)c(Cl)c1. The van der Waals surface area contributed by atoms with Crippen LogP contribution in [-0.4, -0.2) is 147 Å². The van der Waals surface area contributed by atoms with Crippen LogP contribution in [0.3, 0.4) is 0 Å². The molecule has 5 heterocycles. The third kappa shape index (κ3) is 8.32. The van der Waals surface area contributed by atoms with Gasteiger partial charge in [0.25, 0.3) is 5.91 Å². The van der Waals surface area contributed by atoms with E-state index in [1.165, 1.54) is 23.1 Å². The van der Waals surface area contributed by atoms with Gasteiger partial charge in [-0.25, -0.2) is 24.3 Å². The van der Waals surface area contributed by atoms with Gasteiger partial charge in [-0.05, 0) is 90.8 Å². The normalized spacial score (nSPS) is 20.8. The molecule has 18 heteroatoms. The van der Waals surface area contributed by atoms with E-state index in [1.54, 1.807) is 46.1 Å². The molecule has 4 fully saturated rings. The van der Waals surface area contributed by atoms with Crippen LogP contribution in [0.5, 0.6) is 5.75 Å². The molecule has 2 bridgehead atoms. The summed E-state index contributed by atoms with van der Waals surface area (Å²) in [6.07, 6.45) is 1.79. The number of urea groups is 1. The molecule has 0 aliphatic carbocycles. The van der Waals surface area contributed by atoms with Crippen LogP contribution in [-0.2, 0) is 15.0 Å². The maximum Gasteiger partial charge on any atom is 0.343 e. The summed E-state index contributed by atoms with van der Waals surface area (Å²) in [7, 11) is 3.25. The summed E-state index contributed by atoms with van der Waals surface area (Å²) in [6.45, 7) is 4.18. The van der Waals surface area contributed by atoms with Crippen LogP contribution < -0.4 is 10.1 Å². The highest BCUT2D eigenvalue weighted by molar-refractivity contribution is 6.42. The van der Waals surface area contributed by atoms with Crippen molar-refractivity contribution in [3.8, 4) is 11.4 Å². The number of piperidine rings is 1. The number of aromatic nitrogens is 4. The van der Waals surface area contributed by atoms with Crippen molar-refractivity contribution in [3.05, 3.63) is 99.8 Å². The minimum Gasteiger partial charge on any atom is -0.496 e. The Balaban J connectivity index is 1.06. The molecule has 0 radical (unpaired) electrons. The number of methoxy groups -OCH3 is 1. The molecule has 1 aromatic heterocycles. The van der Waals surface area contributed by atoms with E-state index in [-0.39, 0.29) is 11.8 Å². The number of nitrogens with one attached hydrogen (secondary N) is 1. The topological polar surface area (TPSA) is 170 Å². The number of likely N-dealkylation sites (tertiary alicyclic amines) is 1. The van der Waals surface area contributed by atoms with Crippen molar-refractivity contribution in [2.45, 2.75) is 36.8 Å². The number of hydrazine groups is 1. The number of tetrazole rings is 1. The maximum atomic E-state index is 14.3. The van der Waals surface area contributed by atoms with Crippen molar-refractivity contribution < 1.29 is 29.0 Å². The zero-order valence-electron chi connectivity index (χ0n) is 31.6. The molecule has 57 heavy (non-hydrogen) atoms. The number of imide groups is 1. The minimum atomic E-state index is -1.17. The number of piperazine rings is 1. The Morgan fingerprint density at radius 3 is 2.35 bits per heavy atom. The summed E-state index contributed by atoms with van der Waals surface area (Å²) in [5.41, 5.74) is 1.66. The quantitative estimate of drug-likeness (QED) is 0.213. The van der Waals surface area contributed by atoms with Gasteiger partial charge in [0.2, 0.25) is 12.1 Å². The first-order valence-corrected chi connectivity index (χ1v) is 19.5. The molecule has 2 atom stereocenters. The van der Waals surface area contributed by atoms with E-state index >= 15 is 0 Å². The molecule has 8 rings (SSSR count). The van der Waals surface area contributed by atoms with Crippen LogP contribution in [0.1, 0.15) is 46.7 Å². The summed E-state index contributed by atoms with van der Waals surface area (Å²) in [4.78, 5) is 59.8. The van der Waals surface area contributed by atoms with Crippen LogP contribution in [0.2, 0.25) is 10.0 Å². The van der Waals surface area contributed by atoms with Crippen LogP contribution in [0.15, 0.2) is 73.1 Å². The van der Waals surface area contributed by atoms with Gasteiger partial charge >= 0.3 is 12.0 Å². The highest BCUT2D eigenvalue weighted by atomic mass is 35.5. The molecular weight excluding hydrogens is 775 g/mol. The van der Waals surface area contributed by atoms with Gasteiger partial charge in [0.1, 0.15) is 12.1 Å². The lowest BCUT2D eigenvalue weighted by atomic mass is 9.72. The Kier molecular flexibility index (Phi) is 12.1. The van der Waals surface area contributed by atoms with Crippen LogP contribution in [0.25, 0.3) is 5.69 Å². The van der Waals surface area contributed by atoms with Gasteiger partial charge in [-0.2, -0.15) is 0 Å². The fourth-order valence-corrected chi connectivity index (χ4v) is 8.50. The van der Waals surface area contributed by atoms with Gasteiger partial charge < -0.3 is 19.6 Å². The summed E-state index contributed by atoms with van der Waals surface area (Å²) >= 11 is 12.8. The maximum absolute atomic E-state index is 14.3. The predicted molar refractivity (Wildman–Crippen MR) is 210 cm³/mol. The molecule has 0 saturated carbocycles. The van der Waals surface area contributed by atoms with E-state index in [4.69, 9.17) is 27.9 Å². The van der Waals surface area contributed by atoms with Gasteiger partial charge in [-0.3, -0.25) is 19.8 Å². The van der Waals surface area contributed by atoms with Crippen molar-refractivity contribution in [2.24, 2.45) is 0 Å². The highest BCUT2D eigenvalue weighted by Gasteiger charge is 2.49. The molecule has 4 aliphatic rings. The van der Waals surface area contributed by atoms with E-state index < -0.39 is 29.5 Å². The number of aliphatic carboxylic acids is 1. The number of carbonyl (C=O) groups excluding carboxylic acids is 3. The molecule has 2 unspecified atom stereocenters. The summed E-state index contributed by atoms with van der Waals surface area (Å²) in [6, 6.07) is 19.4. The number of carbonyl (C=O) groups is 4. The number of hydrogen-bond acceptors (Lipinski definition) is 11. The zero-order valence-corrected chi connectivity index (χ0v) is 33.1. The Morgan fingerprint density at radius 1 is 0.965 bits per heavy atom. The Hall–Kier alpha value is -5.13. The van der Waals surface area contributed by atoms with Crippen molar-refractivity contribution >= 4 is 47.0 Å². The van der Waals surface area contributed by atoms with Crippen molar-refractivity contribution in [1.82, 2.24) is 50.2 Å². The van der Waals surface area contributed by atoms with Crippen LogP contribution in [0.4, 0.5) is 4.79 Å². The number of halogens is 2. The molecule has 4 aliphatic heterocycles. The van der Waals surface area contributed by atoms with Crippen molar-refractivity contribution in [1.29, 1.82) is 0 Å². The molecule has 0 spiro atoms. The Labute approximate surface area is 339 Å². The largest absolute Gasteiger partial charge is 0.496 e. The molecule has 16 nitrogen and oxygen atoms in total. The van der Waals surface area contributed by atoms with E-state index in [0.717, 1.165) is 11.1 Å². The number of hydrogen-bond donors (Lipinski definition) is 2. The smallest absolute Gasteiger partial charge is 0.343 e. The second kappa shape index (κ2) is 17.2. The average Bonchev–Trinajstić information content (AvgIpc) is 3.79. The fourth-order valence-electron chi connectivity index (χ4n) is 8.19. The van der Waals surface area contributed by atoms with Crippen LogP contribution in [0, 0.1) is 0 Å². The van der Waals surface area contributed by atoms with Gasteiger partial charge in [0.15, 0.2) is 0 Å². The number of ether oxygens (including phenoxy) is 1. The number of nitrogens with zero attached hydrogens (tertiary/aromatic N) is 9. The molecule has 2 N–H and O–H groups in total. The van der Waals surface area contributed by atoms with Gasteiger partial charge in [-0.1, -0.05) is 59.6 Å². The minimum absolute atomic E-state index is 0.142. The fraction of sp³-hybridized carbons (Fsp3) is 0.410. The van der Waals surface area contributed by atoms with E-state index in [1.807, 2.05) is 42.5 Å². The monoisotopic (exact) mass is 818 g/mol. The standard InChI is InChI=1S/C39H44Cl2N10O6/c1-46(35(52)30-23-29(9-11-33(30)57-2)50-25-42-44-45-50)24-27(26-8-10-31(40)32(41)22-26)12-15-47-16-13-39(14-17-47,28-6-4-3-5-7-28)37(55)43-38(56)51-34(36(53)54)48-18-20-49(51)21-19-48/h3-11,22-23,25,27,34H,12-21,24H2,1-2H3,(H,53,54)(H,43,55,56). The summed E-state index contributed by atoms with van der Waals surface area (Å²) < 4.78 is 7.02. The number of benzene rings is 3. The Bertz CT molecular complexity index is 2090. The molecule has 3 aromatic carbocycles. The first-order chi connectivity index (χ1) is 27.5. The lowest BCUT2D eigenvalue weighted by Gasteiger charge is -2.52. The van der Waals surface area contributed by atoms with Gasteiger partial charge in [-0.15, -0.1) is 5.10 Å². The number of amides is 4. The predicted octanol–water partition coefficient (Wildman–Crippen LogP) is 3.75. The lowest BCUT2D eigenvalue weighted by Crippen LogP contribution is -2.74. The molecule has 4 saturated heterocycles. The molecular formula is C39H44Cl2N10O6. The number of carboxylic acid groups (broad SMARTS) is 1. The highest BCUT2D eigenvalue weighted by Crippen LogP contribution is 2.37. The van der Waals surface area contributed by atoms with E-state index in [2.05, 4.69) is 25.7 Å². The zero-order chi connectivity index (χ0) is 40.3. The second-order valence-electron chi connectivity index (χ2n) is 14.6. The number of likely N-dealkylation sites (N-methyl/N-ethyl adjacent to an activating group) is 1. The summed E-state index contributed by atoms with van der Waals surface area (Å²) in [5, 5.41) is 27.6. The lowest BCUT2D eigenvalue weighted by molar-refractivity contribution is -0.190. The van der Waals surface area contributed by atoms with Gasteiger partial charge in [0, 0.05) is 45.7 Å². The van der Waals surface area contributed by atoms with E-state index in [9.17, 15) is 24.3 Å². The molecule has 300 valence electrons. The molecule has 4 amide bonds. The summed E-state index contributed by atoms with van der Waals surface area (Å²) in [5.74, 6) is -1.57. The Morgan fingerprint density at radius 2 is 1.70 bits per heavy atom. The van der Waals surface area contributed by atoms with Crippen molar-refractivity contribution in [2.75, 3.05) is 66.5 Å². The molecule has 4 aromatic rings. The first kappa shape index (κ1) is 40.1. The van der Waals surface area contributed by atoms with E-state index in [0.29, 0.717) is 98.7 Å². The number of rotatable bonds is 12. The third-order valence-electron chi connectivity index (χ3n) is 11.4. The second-order valence-corrected chi connectivity index (χ2v) is 15.4.